The van der Waals surface area contributed by atoms with Crippen LogP contribution in [0.5, 0.6) is 0 Å². The topological polar surface area (TPSA) is 207 Å². The molecule has 0 radical (unpaired) electrons. The van der Waals surface area contributed by atoms with E-state index in [0.717, 1.165) is 11.3 Å². The number of ether oxygens (including phenoxy) is 6. The maximum Gasteiger partial charge on any atom is 0.509 e. The highest BCUT2D eigenvalue weighted by atomic mass is 16.8. The van der Waals surface area contributed by atoms with Crippen LogP contribution in [0.15, 0.2) is 42.7 Å². The molecule has 12 atom stereocenters. The molecule has 4 heterocycles. The first-order valence-electron chi connectivity index (χ1n) is 19.8. The monoisotopic (exact) mass is 811 g/mol. The molecule has 3 aliphatic rings. The summed E-state index contributed by atoms with van der Waals surface area (Å²) < 4.78 is 37.3. The third-order valence-electron chi connectivity index (χ3n) is 11.6. The molecule has 1 amide bonds. The van der Waals surface area contributed by atoms with Gasteiger partial charge in [0.2, 0.25) is 0 Å². The van der Waals surface area contributed by atoms with Crippen molar-refractivity contribution >= 4 is 35.9 Å². The van der Waals surface area contributed by atoms with Crippen molar-refractivity contribution in [3.05, 3.63) is 48.3 Å². The number of likely N-dealkylation sites (N-methyl/N-ethyl adjacent to an activating group) is 1. The molecule has 17 nitrogen and oxygen atoms in total. The number of ketones is 2. The number of rotatable bonds is 9. The molecule has 0 bridgehead atoms. The van der Waals surface area contributed by atoms with Crippen molar-refractivity contribution in [1.29, 1.82) is 0 Å². The highest BCUT2D eigenvalue weighted by Gasteiger charge is 2.57. The van der Waals surface area contributed by atoms with Crippen LogP contribution < -0.4 is 5.32 Å². The molecule has 3 saturated heterocycles. The van der Waals surface area contributed by atoms with Crippen molar-refractivity contribution in [2.45, 2.75) is 128 Å². The number of esters is 1. The summed E-state index contributed by atoms with van der Waals surface area (Å²) in [7, 11) is 3.63. The predicted molar refractivity (Wildman–Crippen MR) is 207 cm³/mol. The number of aliphatic hydroxyl groups is 1. The Bertz CT molecular complexity index is 1800. The first-order chi connectivity index (χ1) is 27.4. The normalized spacial score (nSPS) is 35.2. The Kier molecular flexibility index (Phi) is 14.1. The second kappa shape index (κ2) is 18.5. The zero-order valence-corrected chi connectivity index (χ0v) is 34.7. The van der Waals surface area contributed by atoms with Gasteiger partial charge in [-0.15, -0.1) is 5.10 Å². The molecule has 2 aromatic rings. The third-order valence-corrected chi connectivity index (χ3v) is 11.6. The largest absolute Gasteiger partial charge is 0.509 e. The van der Waals surface area contributed by atoms with Gasteiger partial charge in [0.1, 0.15) is 48.0 Å². The summed E-state index contributed by atoms with van der Waals surface area (Å²) in [6.45, 7) is 11.2. The van der Waals surface area contributed by atoms with E-state index in [0.29, 0.717) is 6.42 Å². The number of Topliss-reactive ketones (excluding diaryl/α,β-unsaturated/α-hetero) is 2. The second-order valence-electron chi connectivity index (χ2n) is 16.2. The van der Waals surface area contributed by atoms with Crippen LogP contribution in [-0.2, 0) is 42.8 Å². The molecule has 1 aromatic carbocycles. The van der Waals surface area contributed by atoms with Crippen molar-refractivity contribution in [3.8, 4) is 5.69 Å². The van der Waals surface area contributed by atoms with Gasteiger partial charge in [0.15, 0.2) is 11.9 Å². The average Bonchev–Trinajstić information content (AvgIpc) is 3.83. The number of cyclic esters (lactones) is 1. The van der Waals surface area contributed by atoms with Crippen LogP contribution in [0.1, 0.15) is 79.7 Å². The summed E-state index contributed by atoms with van der Waals surface area (Å²) in [5.41, 5.74) is -1.59. The number of amides is 1. The van der Waals surface area contributed by atoms with E-state index in [1.165, 1.54) is 13.8 Å². The quantitative estimate of drug-likeness (QED) is 0.208. The standard InChI is InChI=1S/C41H57N5O12/c1-10-31-41(7)35(43-38(51)57-41)26(5)33(48)23(2)22-40(6,58-39(52)53-19-11-12-27-13-15-28(16-14-27)46-18-17-42-44-46)32(21-30(47)25(4)36(50)55-31)56-37-34(49)29(45(8)9)20-24(3)54-37/h11-18,23-26,29,31-32,34-35,37,49H,10,19-22H2,1-9H3,(H,43,51)/b12-11+/t23-,24-,25-,26+,29+,31-,32-,34-,35-,37+,40-,41-/m1/s1. The van der Waals surface area contributed by atoms with Crippen molar-refractivity contribution in [2.24, 2.45) is 17.8 Å². The molecule has 3 fully saturated rings. The fourth-order valence-electron chi connectivity index (χ4n) is 8.18. The molecule has 17 heteroatoms. The number of nitrogens with one attached hydrogen (secondary N) is 1. The number of aromatic nitrogens is 3. The van der Waals surface area contributed by atoms with E-state index in [1.807, 2.05) is 50.2 Å². The first-order valence-corrected chi connectivity index (χ1v) is 19.8. The van der Waals surface area contributed by atoms with Crippen LogP contribution in [0, 0.1) is 17.8 Å². The highest BCUT2D eigenvalue weighted by Crippen LogP contribution is 2.39. The number of carbonyl (C=O) groups is 5. The smallest absolute Gasteiger partial charge is 0.458 e. The second-order valence-corrected chi connectivity index (χ2v) is 16.2. The van der Waals surface area contributed by atoms with E-state index in [2.05, 4.69) is 15.6 Å². The van der Waals surface area contributed by atoms with E-state index in [-0.39, 0.29) is 37.4 Å². The predicted octanol–water partition coefficient (Wildman–Crippen LogP) is 4.03. The molecule has 3 aliphatic heterocycles. The van der Waals surface area contributed by atoms with Crippen LogP contribution in [-0.4, -0.2) is 129 Å². The summed E-state index contributed by atoms with van der Waals surface area (Å²) in [5, 5.41) is 22.0. The number of nitrogens with zero attached hydrogens (tertiary/aromatic N) is 4. The number of hydrogen-bond acceptors (Lipinski definition) is 15. The van der Waals surface area contributed by atoms with Gasteiger partial charge in [0.05, 0.1) is 30.2 Å². The van der Waals surface area contributed by atoms with Gasteiger partial charge in [-0.1, -0.05) is 44.2 Å². The number of hydrogen-bond donors (Lipinski definition) is 2. The minimum Gasteiger partial charge on any atom is -0.458 e. The van der Waals surface area contributed by atoms with Gasteiger partial charge in [-0.05, 0) is 84.8 Å². The Labute approximate surface area is 338 Å². The lowest BCUT2D eigenvalue weighted by Gasteiger charge is -2.45. The van der Waals surface area contributed by atoms with Crippen molar-refractivity contribution in [1.82, 2.24) is 25.2 Å². The lowest BCUT2D eigenvalue weighted by atomic mass is 9.75. The zero-order valence-electron chi connectivity index (χ0n) is 34.7. The first kappa shape index (κ1) is 44.4. The van der Waals surface area contributed by atoms with Crippen molar-refractivity contribution < 1.29 is 57.5 Å². The van der Waals surface area contributed by atoms with E-state index in [1.54, 1.807) is 56.9 Å². The summed E-state index contributed by atoms with van der Waals surface area (Å²) in [6.07, 6.45) is -0.374. The van der Waals surface area contributed by atoms with Crippen LogP contribution in [0.25, 0.3) is 11.8 Å². The maximum atomic E-state index is 14.3. The Morgan fingerprint density at radius 1 is 1.10 bits per heavy atom. The number of fused-ring (bicyclic) bond motifs is 1. The summed E-state index contributed by atoms with van der Waals surface area (Å²) >= 11 is 0. The van der Waals surface area contributed by atoms with Crippen LogP contribution in [0.4, 0.5) is 9.59 Å². The van der Waals surface area contributed by atoms with Gasteiger partial charge in [-0.3, -0.25) is 14.4 Å². The molecule has 0 unspecified atom stereocenters. The number of benzene rings is 1. The highest BCUT2D eigenvalue weighted by molar-refractivity contribution is 5.99. The zero-order chi connectivity index (χ0) is 42.5. The Balaban J connectivity index is 1.45. The van der Waals surface area contributed by atoms with Gasteiger partial charge < -0.3 is 43.7 Å². The fourth-order valence-corrected chi connectivity index (χ4v) is 8.18. The molecule has 318 valence electrons. The molecular weight excluding hydrogens is 754 g/mol. The molecular formula is C41H57N5O12. The molecule has 0 spiro atoms. The summed E-state index contributed by atoms with van der Waals surface area (Å²) in [4.78, 5) is 70.2. The van der Waals surface area contributed by atoms with Crippen molar-refractivity contribution in [2.75, 3.05) is 20.7 Å². The molecule has 0 saturated carbocycles. The van der Waals surface area contributed by atoms with Gasteiger partial charge in [0, 0.05) is 24.3 Å². The minimum atomic E-state index is -1.78. The molecule has 58 heavy (non-hydrogen) atoms. The molecule has 5 rings (SSSR count). The van der Waals surface area contributed by atoms with E-state index in [9.17, 15) is 29.1 Å². The fraction of sp³-hybridized carbons (Fsp3) is 0.634. The van der Waals surface area contributed by atoms with Crippen LogP contribution in [0.2, 0.25) is 0 Å². The number of alkyl carbamates (subject to hydrolysis) is 1. The molecule has 2 N–H and O–H groups in total. The SMILES string of the molecule is CC[C@H]1OC(=O)[C@H](C)C(=O)C[C@@H](O[C@@H]2O[C@H](C)C[C@H](N(C)C)[C@H]2O)[C@](C)(OC(=O)OC/C=C/c2ccc(-n3ccnn3)cc2)C[C@@H](C)C(=O)[C@H](C)[C@H]2NC(=O)O[C@@]21C. The van der Waals surface area contributed by atoms with Gasteiger partial charge in [-0.25, -0.2) is 14.3 Å². The maximum absolute atomic E-state index is 14.3. The number of aliphatic hydroxyl groups excluding tert-OH is 1. The molecule has 0 aliphatic carbocycles. The Hall–Kier alpha value is -4.71. The average molecular weight is 812 g/mol. The lowest BCUT2D eigenvalue weighted by molar-refractivity contribution is -0.288. The van der Waals surface area contributed by atoms with Gasteiger partial charge in [0.25, 0.3) is 0 Å². The van der Waals surface area contributed by atoms with E-state index >= 15 is 0 Å². The summed E-state index contributed by atoms with van der Waals surface area (Å²) in [6, 6.07) is 6.13. The van der Waals surface area contributed by atoms with Crippen LogP contribution >= 0.6 is 0 Å². The minimum absolute atomic E-state index is 0.180. The van der Waals surface area contributed by atoms with Gasteiger partial charge in [-0.2, -0.15) is 0 Å². The number of carbonyl (C=O) groups excluding carboxylic acids is 5. The van der Waals surface area contributed by atoms with E-state index < -0.39 is 90.0 Å². The van der Waals surface area contributed by atoms with Crippen molar-refractivity contribution in [3.63, 3.8) is 0 Å². The summed E-state index contributed by atoms with van der Waals surface area (Å²) in [5.74, 6) is -4.87. The Morgan fingerprint density at radius 2 is 1.81 bits per heavy atom. The lowest BCUT2D eigenvalue weighted by Crippen LogP contribution is -2.59. The molecule has 1 aromatic heterocycles. The van der Waals surface area contributed by atoms with Crippen LogP contribution in [0.3, 0.4) is 0 Å². The van der Waals surface area contributed by atoms with E-state index in [4.69, 9.17) is 28.4 Å². The Morgan fingerprint density at radius 3 is 2.45 bits per heavy atom. The third kappa shape index (κ3) is 9.93. The van der Waals surface area contributed by atoms with Gasteiger partial charge >= 0.3 is 18.2 Å².